The standard InChI is InChI=1S/C61H64N2/c1-5-20-43(21-6-1)44-36-38-48(39-37-44)62(46-24-9-3-10-25-46)59-35-19-33-56-60(59)53-30-14-17-32-55(53)61(56)54-31-16-13-29-51(54)52-41-40-49(42-57(52)61)63(47-26-11-4-12-27-47)58-34-18-15-28-50(58)45-22-7-2-8-23-45/h1,4-5,7,9,11-17,19-20,22,24-33,35-38,40-41,45,48-51,53-56,58,60H,2-3,6,8,10,18,21,23,34,39,42H2. The second-order valence-electron chi connectivity index (χ2n) is 20.1. The van der Waals surface area contributed by atoms with Gasteiger partial charge in [0.2, 0.25) is 0 Å². The molecule has 0 aromatic heterocycles. The van der Waals surface area contributed by atoms with Crippen molar-refractivity contribution in [2.45, 2.75) is 88.8 Å². The van der Waals surface area contributed by atoms with Crippen molar-refractivity contribution in [2.24, 2.45) is 52.8 Å². The van der Waals surface area contributed by atoms with Crippen LogP contribution in [0.5, 0.6) is 0 Å². The predicted octanol–water partition coefficient (Wildman–Crippen LogP) is 14.3. The van der Waals surface area contributed by atoms with Crippen LogP contribution in [-0.4, -0.2) is 23.0 Å². The highest BCUT2D eigenvalue weighted by Crippen LogP contribution is 2.73. The Morgan fingerprint density at radius 3 is 2.27 bits per heavy atom. The average molecular weight is 825 g/mol. The van der Waals surface area contributed by atoms with Gasteiger partial charge in [0, 0.05) is 46.3 Å². The summed E-state index contributed by atoms with van der Waals surface area (Å²) in [7, 11) is 0. The van der Waals surface area contributed by atoms with Crippen molar-refractivity contribution in [3.8, 4) is 0 Å². The molecule has 1 fully saturated rings. The van der Waals surface area contributed by atoms with E-state index in [1.165, 1.54) is 53.9 Å². The Balaban J connectivity index is 0.950. The molecule has 0 amide bonds. The fourth-order valence-electron chi connectivity index (χ4n) is 14.7. The summed E-state index contributed by atoms with van der Waals surface area (Å²) in [5, 5.41) is 0. The maximum Gasteiger partial charge on any atom is 0.0557 e. The van der Waals surface area contributed by atoms with E-state index in [9.17, 15) is 0 Å². The minimum atomic E-state index is -0.0316. The van der Waals surface area contributed by atoms with Crippen molar-refractivity contribution < 1.29 is 0 Å². The van der Waals surface area contributed by atoms with Crippen LogP contribution in [0.4, 0.5) is 5.69 Å². The number of benzene rings is 1. The molecular weight excluding hydrogens is 761 g/mol. The third kappa shape index (κ3) is 6.56. The summed E-state index contributed by atoms with van der Waals surface area (Å²) < 4.78 is 0. The normalized spacial score (nSPS) is 37.6. The van der Waals surface area contributed by atoms with Gasteiger partial charge in [-0.1, -0.05) is 170 Å². The van der Waals surface area contributed by atoms with Crippen LogP contribution in [0, 0.1) is 52.8 Å². The van der Waals surface area contributed by atoms with Crippen molar-refractivity contribution in [3.63, 3.8) is 0 Å². The van der Waals surface area contributed by atoms with Gasteiger partial charge < -0.3 is 9.80 Å². The third-order valence-corrected chi connectivity index (χ3v) is 17.1. The lowest BCUT2D eigenvalue weighted by atomic mass is 9.57. The van der Waals surface area contributed by atoms with Gasteiger partial charge in [0.05, 0.1) is 12.1 Å². The molecule has 0 aliphatic heterocycles. The van der Waals surface area contributed by atoms with Gasteiger partial charge in [-0.2, -0.15) is 0 Å². The van der Waals surface area contributed by atoms with Crippen LogP contribution in [-0.2, 0) is 0 Å². The van der Waals surface area contributed by atoms with Gasteiger partial charge in [0.15, 0.2) is 0 Å². The van der Waals surface area contributed by atoms with E-state index < -0.39 is 0 Å². The molecule has 0 saturated heterocycles. The molecule has 12 rings (SSSR count). The summed E-state index contributed by atoms with van der Waals surface area (Å²) in [4.78, 5) is 5.72. The van der Waals surface area contributed by atoms with Gasteiger partial charge in [0.1, 0.15) is 0 Å². The minimum Gasteiger partial charge on any atom is -0.361 e. The van der Waals surface area contributed by atoms with Crippen LogP contribution >= 0.6 is 0 Å². The smallest absolute Gasteiger partial charge is 0.0557 e. The second kappa shape index (κ2) is 16.7. The lowest BCUT2D eigenvalue weighted by Crippen LogP contribution is -2.50. The number of anilines is 1. The summed E-state index contributed by atoms with van der Waals surface area (Å²) in [5.41, 5.74) is 10.5. The van der Waals surface area contributed by atoms with Crippen LogP contribution in [0.3, 0.4) is 0 Å². The molecule has 63 heavy (non-hydrogen) atoms. The topological polar surface area (TPSA) is 6.48 Å². The van der Waals surface area contributed by atoms with Crippen LogP contribution < -0.4 is 4.90 Å². The summed E-state index contributed by atoms with van der Waals surface area (Å²) in [6.07, 6.45) is 77.7. The van der Waals surface area contributed by atoms with Crippen molar-refractivity contribution in [2.75, 3.05) is 4.90 Å². The van der Waals surface area contributed by atoms with E-state index in [0.717, 1.165) is 44.9 Å². The lowest BCUT2D eigenvalue weighted by Gasteiger charge is -2.49. The Hall–Kier alpha value is -5.34. The van der Waals surface area contributed by atoms with Crippen molar-refractivity contribution >= 4 is 5.69 Å². The summed E-state index contributed by atoms with van der Waals surface area (Å²) in [6, 6.07) is 12.6. The molecule has 12 atom stereocenters. The first kappa shape index (κ1) is 39.3. The van der Waals surface area contributed by atoms with Crippen LogP contribution in [0.15, 0.2) is 222 Å². The number of para-hydroxylation sites is 1. The summed E-state index contributed by atoms with van der Waals surface area (Å²) in [5.74, 6) is 3.52. The number of hydrogen-bond acceptors (Lipinski definition) is 2. The first-order valence-electron chi connectivity index (χ1n) is 24.9. The van der Waals surface area contributed by atoms with E-state index in [-0.39, 0.29) is 11.5 Å². The zero-order valence-corrected chi connectivity index (χ0v) is 36.9. The quantitative estimate of drug-likeness (QED) is 0.241. The number of allylic oxidation sites excluding steroid dienone is 26. The molecule has 0 radical (unpaired) electrons. The number of nitrogens with zero attached hydrogens (tertiary/aromatic N) is 2. The Kier molecular flexibility index (Phi) is 10.4. The SMILES string of the molecule is C1=CCCC(C2=CCC(N(C3=CCCC=C3)C3=CC=CC4C3C3C=CC=CC3C43C4=C(C=CC(N(c5ccccc5)C5CCC=CC5C5C=CCCC5)C4)C4C=CC=CC43)C=C2)=C1. The summed E-state index contributed by atoms with van der Waals surface area (Å²) in [6.45, 7) is 0. The minimum absolute atomic E-state index is 0.0316. The molecule has 318 valence electrons. The number of hydrogen-bond donors (Lipinski definition) is 0. The van der Waals surface area contributed by atoms with Crippen LogP contribution in [0.25, 0.3) is 0 Å². The molecule has 1 aromatic rings. The van der Waals surface area contributed by atoms with Gasteiger partial charge in [-0.25, -0.2) is 0 Å². The molecule has 1 aromatic carbocycles. The third-order valence-electron chi connectivity index (χ3n) is 17.1. The largest absolute Gasteiger partial charge is 0.361 e. The average Bonchev–Trinajstić information content (AvgIpc) is 3.83. The van der Waals surface area contributed by atoms with Gasteiger partial charge in [0.25, 0.3) is 0 Å². The summed E-state index contributed by atoms with van der Waals surface area (Å²) >= 11 is 0. The van der Waals surface area contributed by atoms with Crippen LogP contribution in [0.2, 0.25) is 0 Å². The van der Waals surface area contributed by atoms with Crippen molar-refractivity contribution in [3.05, 3.63) is 222 Å². The molecule has 0 bridgehead atoms. The lowest BCUT2D eigenvalue weighted by molar-refractivity contribution is 0.150. The van der Waals surface area contributed by atoms with Crippen molar-refractivity contribution in [1.82, 2.24) is 4.90 Å². The molecule has 0 N–H and O–H groups in total. The highest BCUT2D eigenvalue weighted by Gasteiger charge is 2.68. The van der Waals surface area contributed by atoms with E-state index >= 15 is 0 Å². The highest BCUT2D eigenvalue weighted by molar-refractivity contribution is 5.59. The molecule has 1 spiro atoms. The van der Waals surface area contributed by atoms with E-state index in [1.807, 2.05) is 0 Å². The van der Waals surface area contributed by atoms with Gasteiger partial charge in [-0.3, -0.25) is 0 Å². The molecule has 0 heterocycles. The van der Waals surface area contributed by atoms with Crippen LogP contribution in [0.1, 0.15) is 70.6 Å². The molecule has 1 saturated carbocycles. The number of rotatable bonds is 8. The molecular formula is C61H64N2. The number of fused-ring (bicyclic) bond motifs is 9. The monoisotopic (exact) mass is 825 g/mol. The van der Waals surface area contributed by atoms with Crippen molar-refractivity contribution in [1.29, 1.82) is 0 Å². The first-order valence-corrected chi connectivity index (χ1v) is 24.9. The Labute approximate surface area is 377 Å². The van der Waals surface area contributed by atoms with E-state index in [2.05, 4.69) is 198 Å². The molecule has 11 aliphatic carbocycles. The molecule has 2 heteroatoms. The van der Waals surface area contributed by atoms with E-state index in [0.29, 0.717) is 59.4 Å². The van der Waals surface area contributed by atoms with Gasteiger partial charge >= 0.3 is 0 Å². The maximum atomic E-state index is 2.92. The first-order chi connectivity index (χ1) is 31.3. The van der Waals surface area contributed by atoms with Gasteiger partial charge in [-0.15, -0.1) is 0 Å². The Bertz CT molecular complexity index is 2480. The Morgan fingerprint density at radius 1 is 0.587 bits per heavy atom. The fraction of sp³-hybridized carbons (Fsp3) is 0.377. The molecule has 12 unspecified atom stereocenters. The Morgan fingerprint density at radius 2 is 1.44 bits per heavy atom. The predicted molar refractivity (Wildman–Crippen MR) is 263 cm³/mol. The maximum absolute atomic E-state index is 2.92. The zero-order valence-electron chi connectivity index (χ0n) is 36.9. The van der Waals surface area contributed by atoms with E-state index in [4.69, 9.17) is 0 Å². The second-order valence-corrected chi connectivity index (χ2v) is 20.1. The highest BCUT2D eigenvalue weighted by atomic mass is 15.2. The molecule has 2 nitrogen and oxygen atoms in total. The zero-order chi connectivity index (χ0) is 41.7. The van der Waals surface area contributed by atoms with E-state index in [1.54, 1.807) is 11.1 Å². The fourth-order valence-corrected chi connectivity index (χ4v) is 14.7. The molecule has 11 aliphatic rings. The van der Waals surface area contributed by atoms with Gasteiger partial charge in [-0.05, 0) is 141 Å².